The minimum Gasteiger partial charge on any atom is -0.339 e. The summed E-state index contributed by atoms with van der Waals surface area (Å²) >= 11 is 0. The molecule has 0 saturated carbocycles. The second kappa shape index (κ2) is 3.72. The van der Waals surface area contributed by atoms with Crippen molar-refractivity contribution in [2.24, 2.45) is 5.73 Å². The number of nitrogens with two attached hydrogens (primary N) is 1. The van der Waals surface area contributed by atoms with Crippen molar-refractivity contribution < 1.29 is 4.79 Å². The molecule has 3 nitrogen and oxygen atoms in total. The van der Waals surface area contributed by atoms with Gasteiger partial charge in [0, 0.05) is 26.1 Å². The predicted octanol–water partition coefficient (Wildman–Crippen LogP) is 0.346. The molecule has 1 heterocycles. The number of amides is 1. The third-order valence-electron chi connectivity index (χ3n) is 2.30. The van der Waals surface area contributed by atoms with E-state index in [1.807, 2.05) is 4.90 Å². The van der Waals surface area contributed by atoms with E-state index in [-0.39, 0.29) is 5.91 Å². The first-order valence-electron chi connectivity index (χ1n) is 4.23. The summed E-state index contributed by atoms with van der Waals surface area (Å²) in [7, 11) is 0. The highest BCUT2D eigenvalue weighted by Gasteiger charge is 2.22. The molecule has 1 fully saturated rings. The molecule has 11 heavy (non-hydrogen) atoms. The fourth-order valence-corrected chi connectivity index (χ4v) is 1.66. The molecular formula is C8H16N2O. The highest BCUT2D eigenvalue weighted by molar-refractivity contribution is 5.73. The van der Waals surface area contributed by atoms with Crippen LogP contribution in [0.5, 0.6) is 0 Å². The van der Waals surface area contributed by atoms with E-state index in [1.165, 1.54) is 6.42 Å². The van der Waals surface area contributed by atoms with E-state index < -0.39 is 0 Å². The summed E-state index contributed by atoms with van der Waals surface area (Å²) < 4.78 is 0. The third kappa shape index (κ3) is 1.93. The first-order chi connectivity index (χ1) is 5.25. The number of hydrogen-bond acceptors (Lipinski definition) is 2. The summed E-state index contributed by atoms with van der Waals surface area (Å²) in [5, 5.41) is 0. The van der Waals surface area contributed by atoms with Gasteiger partial charge in [0.15, 0.2) is 0 Å². The van der Waals surface area contributed by atoms with Crippen molar-refractivity contribution >= 4 is 5.91 Å². The summed E-state index contributed by atoms with van der Waals surface area (Å²) in [6, 6.07) is 0.307. The van der Waals surface area contributed by atoms with Gasteiger partial charge in [0.1, 0.15) is 0 Å². The molecule has 0 aliphatic carbocycles. The van der Waals surface area contributed by atoms with Crippen molar-refractivity contribution in [2.75, 3.05) is 13.1 Å². The van der Waals surface area contributed by atoms with Crippen LogP contribution in [0.4, 0.5) is 0 Å². The Morgan fingerprint density at radius 3 is 2.82 bits per heavy atom. The minimum atomic E-state index is 0.167. The van der Waals surface area contributed by atoms with Gasteiger partial charge in [0.05, 0.1) is 0 Å². The Bertz CT molecular complexity index is 147. The molecule has 0 aromatic carbocycles. The van der Waals surface area contributed by atoms with Crippen LogP contribution in [0, 0.1) is 0 Å². The lowest BCUT2D eigenvalue weighted by atomic mass is 10.0. The minimum absolute atomic E-state index is 0.167. The zero-order valence-corrected chi connectivity index (χ0v) is 7.05. The Morgan fingerprint density at radius 2 is 2.36 bits per heavy atom. The van der Waals surface area contributed by atoms with Gasteiger partial charge < -0.3 is 10.6 Å². The highest BCUT2D eigenvalue weighted by Crippen LogP contribution is 2.15. The van der Waals surface area contributed by atoms with Crippen molar-refractivity contribution in [3.8, 4) is 0 Å². The number of piperidine rings is 1. The molecule has 1 saturated heterocycles. The van der Waals surface area contributed by atoms with Crippen molar-refractivity contribution in [2.45, 2.75) is 32.2 Å². The van der Waals surface area contributed by atoms with Crippen LogP contribution >= 0.6 is 0 Å². The average Bonchev–Trinajstić information content (AvgIpc) is 2.04. The second-order valence-corrected chi connectivity index (χ2v) is 3.10. The lowest BCUT2D eigenvalue weighted by Crippen LogP contribution is -2.46. The summed E-state index contributed by atoms with van der Waals surface area (Å²) in [6.07, 6.45) is 3.43. The Morgan fingerprint density at radius 1 is 1.64 bits per heavy atom. The van der Waals surface area contributed by atoms with Crippen molar-refractivity contribution in [3.63, 3.8) is 0 Å². The van der Waals surface area contributed by atoms with E-state index in [0.29, 0.717) is 12.6 Å². The molecule has 1 aliphatic rings. The van der Waals surface area contributed by atoms with E-state index in [9.17, 15) is 4.79 Å². The molecule has 1 amide bonds. The van der Waals surface area contributed by atoms with Crippen LogP contribution in [-0.2, 0) is 4.79 Å². The van der Waals surface area contributed by atoms with Crippen LogP contribution in [0.25, 0.3) is 0 Å². The molecule has 3 heteroatoms. The highest BCUT2D eigenvalue weighted by atomic mass is 16.2. The molecule has 0 aromatic heterocycles. The van der Waals surface area contributed by atoms with E-state index in [4.69, 9.17) is 5.73 Å². The van der Waals surface area contributed by atoms with Crippen LogP contribution in [0.15, 0.2) is 0 Å². The van der Waals surface area contributed by atoms with Crippen LogP contribution in [0.3, 0.4) is 0 Å². The lowest BCUT2D eigenvalue weighted by molar-refractivity contribution is -0.132. The molecule has 0 bridgehead atoms. The van der Waals surface area contributed by atoms with Crippen LogP contribution < -0.4 is 5.73 Å². The fraction of sp³-hybridized carbons (Fsp3) is 0.875. The van der Waals surface area contributed by atoms with Gasteiger partial charge in [-0.2, -0.15) is 0 Å². The Hall–Kier alpha value is -0.570. The van der Waals surface area contributed by atoms with Crippen LogP contribution in [-0.4, -0.2) is 29.9 Å². The smallest absolute Gasteiger partial charge is 0.219 e. The Kier molecular flexibility index (Phi) is 2.88. The van der Waals surface area contributed by atoms with Gasteiger partial charge in [-0.25, -0.2) is 0 Å². The predicted molar refractivity (Wildman–Crippen MR) is 44.1 cm³/mol. The number of likely N-dealkylation sites (tertiary alicyclic amines) is 1. The van der Waals surface area contributed by atoms with Crippen molar-refractivity contribution in [3.05, 3.63) is 0 Å². The maximum absolute atomic E-state index is 11.0. The fourth-order valence-electron chi connectivity index (χ4n) is 1.66. The maximum Gasteiger partial charge on any atom is 0.219 e. The molecule has 1 atom stereocenters. The van der Waals surface area contributed by atoms with Crippen molar-refractivity contribution in [1.82, 2.24) is 4.90 Å². The molecule has 2 N–H and O–H groups in total. The average molecular weight is 156 g/mol. The van der Waals surface area contributed by atoms with Gasteiger partial charge >= 0.3 is 0 Å². The SMILES string of the molecule is CC(=O)N1CCCCC1CN. The number of carbonyl (C=O) groups is 1. The van der Waals surface area contributed by atoms with Gasteiger partial charge in [0.25, 0.3) is 0 Å². The van der Waals surface area contributed by atoms with Crippen LogP contribution in [0.1, 0.15) is 26.2 Å². The first kappa shape index (κ1) is 8.53. The largest absolute Gasteiger partial charge is 0.339 e. The second-order valence-electron chi connectivity index (χ2n) is 3.10. The molecule has 1 unspecified atom stereocenters. The number of carbonyl (C=O) groups excluding carboxylic acids is 1. The third-order valence-corrected chi connectivity index (χ3v) is 2.30. The van der Waals surface area contributed by atoms with Gasteiger partial charge in [-0.05, 0) is 19.3 Å². The Balaban J connectivity index is 2.51. The zero-order chi connectivity index (χ0) is 8.27. The van der Waals surface area contributed by atoms with Gasteiger partial charge in [-0.3, -0.25) is 4.79 Å². The summed E-state index contributed by atoms with van der Waals surface area (Å²) in [5.41, 5.74) is 5.54. The van der Waals surface area contributed by atoms with E-state index in [1.54, 1.807) is 6.92 Å². The number of rotatable bonds is 1. The van der Waals surface area contributed by atoms with Gasteiger partial charge in [-0.1, -0.05) is 0 Å². The molecular weight excluding hydrogens is 140 g/mol. The summed E-state index contributed by atoms with van der Waals surface area (Å²) in [5.74, 6) is 0.167. The normalized spacial score (nSPS) is 25.3. The zero-order valence-electron chi connectivity index (χ0n) is 7.05. The molecule has 1 rings (SSSR count). The molecule has 0 spiro atoms. The van der Waals surface area contributed by atoms with Crippen LogP contribution in [0.2, 0.25) is 0 Å². The quantitative estimate of drug-likeness (QED) is 0.595. The van der Waals surface area contributed by atoms with Gasteiger partial charge in [-0.15, -0.1) is 0 Å². The first-order valence-corrected chi connectivity index (χ1v) is 4.23. The van der Waals surface area contributed by atoms with E-state index in [2.05, 4.69) is 0 Å². The standard InChI is InChI=1S/C8H16N2O/c1-7(11)10-5-3-2-4-8(10)6-9/h8H,2-6,9H2,1H3. The molecule has 64 valence electrons. The monoisotopic (exact) mass is 156 g/mol. The topological polar surface area (TPSA) is 46.3 Å². The maximum atomic E-state index is 11.0. The Labute approximate surface area is 67.5 Å². The lowest BCUT2D eigenvalue weighted by Gasteiger charge is -2.34. The van der Waals surface area contributed by atoms with E-state index in [0.717, 1.165) is 19.4 Å². The summed E-state index contributed by atoms with van der Waals surface area (Å²) in [4.78, 5) is 12.9. The number of hydrogen-bond donors (Lipinski definition) is 1. The van der Waals surface area contributed by atoms with Crippen molar-refractivity contribution in [1.29, 1.82) is 0 Å². The molecule has 0 radical (unpaired) electrons. The number of nitrogens with zero attached hydrogens (tertiary/aromatic N) is 1. The molecule has 1 aliphatic heterocycles. The summed E-state index contributed by atoms with van der Waals surface area (Å²) in [6.45, 7) is 3.13. The van der Waals surface area contributed by atoms with Gasteiger partial charge in [0.2, 0.25) is 5.91 Å². The van der Waals surface area contributed by atoms with E-state index >= 15 is 0 Å². The molecule has 0 aromatic rings.